The van der Waals surface area contributed by atoms with Crippen molar-refractivity contribution in [2.24, 2.45) is 11.3 Å². The van der Waals surface area contributed by atoms with E-state index in [0.717, 1.165) is 18.4 Å². The highest BCUT2D eigenvalue weighted by Gasteiger charge is 2.57. The fourth-order valence-corrected chi connectivity index (χ4v) is 3.46. The molecule has 0 spiro atoms. The summed E-state index contributed by atoms with van der Waals surface area (Å²) in [7, 11) is 2.04. The Morgan fingerprint density at radius 1 is 1.54 bits per heavy atom. The van der Waals surface area contributed by atoms with Crippen molar-refractivity contribution in [3.8, 4) is 0 Å². The van der Waals surface area contributed by atoms with Crippen LogP contribution in [0.25, 0.3) is 0 Å². The van der Waals surface area contributed by atoms with Gasteiger partial charge in [-0.3, -0.25) is 0 Å². The monoisotopic (exact) mass is 195 g/mol. The average Bonchev–Trinajstić information content (AvgIpc) is 2.56. The Morgan fingerprint density at radius 2 is 2.31 bits per heavy atom. The van der Waals surface area contributed by atoms with Crippen LogP contribution in [0.3, 0.4) is 0 Å². The predicted molar refractivity (Wildman–Crippen MR) is 58.3 cm³/mol. The topological polar surface area (TPSA) is 12.0 Å². The van der Waals surface area contributed by atoms with Gasteiger partial charge in [0, 0.05) is 10.8 Å². The van der Waals surface area contributed by atoms with Gasteiger partial charge in [0.1, 0.15) is 0 Å². The Balaban J connectivity index is 2.11. The maximum absolute atomic E-state index is 3.28. The van der Waals surface area contributed by atoms with Gasteiger partial charge in [0.15, 0.2) is 0 Å². The molecule has 1 nitrogen and oxygen atoms in total. The van der Waals surface area contributed by atoms with Crippen molar-refractivity contribution < 1.29 is 0 Å². The minimum Gasteiger partial charge on any atom is -0.319 e. The van der Waals surface area contributed by atoms with Crippen LogP contribution in [0.1, 0.15) is 24.6 Å². The molecule has 2 heteroatoms. The Morgan fingerprint density at radius 3 is 2.85 bits per heavy atom. The van der Waals surface area contributed by atoms with Gasteiger partial charge in [-0.25, -0.2) is 0 Å². The second kappa shape index (κ2) is 3.10. The summed E-state index contributed by atoms with van der Waals surface area (Å²) in [5.41, 5.74) is 0.508. The number of hydrogen-bond donors (Lipinski definition) is 1. The first kappa shape index (κ1) is 9.22. The molecule has 1 aliphatic rings. The highest BCUT2D eigenvalue weighted by atomic mass is 32.1. The van der Waals surface area contributed by atoms with E-state index in [4.69, 9.17) is 0 Å². The summed E-state index contributed by atoms with van der Waals surface area (Å²) in [4.78, 5) is 1.56. The third kappa shape index (κ3) is 1.42. The first-order valence-corrected chi connectivity index (χ1v) is 5.74. The van der Waals surface area contributed by atoms with Crippen LogP contribution in [0, 0.1) is 11.3 Å². The fraction of sp³-hybridized carbons (Fsp3) is 0.636. The first-order chi connectivity index (χ1) is 6.18. The molecule has 1 aromatic rings. The summed E-state index contributed by atoms with van der Waals surface area (Å²) >= 11 is 1.90. The van der Waals surface area contributed by atoms with Crippen LogP contribution in [0.4, 0.5) is 0 Å². The number of hydrogen-bond acceptors (Lipinski definition) is 2. The molecule has 1 heterocycles. The van der Waals surface area contributed by atoms with E-state index in [1.807, 2.05) is 18.4 Å². The van der Waals surface area contributed by atoms with E-state index in [0.29, 0.717) is 5.41 Å². The predicted octanol–water partition coefficient (Wildman–Crippen LogP) is 2.71. The molecule has 13 heavy (non-hydrogen) atoms. The molecule has 0 amide bonds. The zero-order chi connectivity index (χ0) is 9.47. The van der Waals surface area contributed by atoms with Crippen molar-refractivity contribution in [3.05, 3.63) is 22.4 Å². The standard InChI is InChI=1S/C11H17NS/c1-11(2)8(7-12-3)10(11)9-5-4-6-13-9/h4-6,8,10,12H,7H2,1-3H3. The van der Waals surface area contributed by atoms with Gasteiger partial charge in [0.05, 0.1) is 0 Å². The van der Waals surface area contributed by atoms with Gasteiger partial charge in [-0.2, -0.15) is 0 Å². The van der Waals surface area contributed by atoms with E-state index < -0.39 is 0 Å². The molecule has 1 aliphatic carbocycles. The van der Waals surface area contributed by atoms with Crippen molar-refractivity contribution in [2.75, 3.05) is 13.6 Å². The lowest BCUT2D eigenvalue weighted by molar-refractivity contribution is 0.537. The summed E-state index contributed by atoms with van der Waals surface area (Å²) in [6, 6.07) is 4.43. The number of rotatable bonds is 3. The molecule has 1 aromatic heterocycles. The lowest BCUT2D eigenvalue weighted by atomic mass is 10.1. The highest BCUT2D eigenvalue weighted by molar-refractivity contribution is 7.10. The smallest absolute Gasteiger partial charge is 0.00850 e. The molecule has 72 valence electrons. The van der Waals surface area contributed by atoms with E-state index in [2.05, 4.69) is 36.7 Å². The van der Waals surface area contributed by atoms with Crippen molar-refractivity contribution in [3.63, 3.8) is 0 Å². The molecular formula is C11H17NS. The van der Waals surface area contributed by atoms with E-state index in [1.165, 1.54) is 0 Å². The minimum atomic E-state index is 0.508. The average molecular weight is 195 g/mol. The summed E-state index contributed by atoms with van der Waals surface area (Å²) < 4.78 is 0. The number of nitrogens with one attached hydrogen (secondary N) is 1. The molecule has 0 bridgehead atoms. The lowest BCUT2D eigenvalue weighted by Crippen LogP contribution is -2.12. The van der Waals surface area contributed by atoms with Crippen LogP contribution < -0.4 is 5.32 Å². The van der Waals surface area contributed by atoms with Gasteiger partial charge in [-0.15, -0.1) is 11.3 Å². The summed E-state index contributed by atoms with van der Waals surface area (Å²) in [6.45, 7) is 5.90. The highest BCUT2D eigenvalue weighted by Crippen LogP contribution is 2.64. The van der Waals surface area contributed by atoms with Gasteiger partial charge in [0.25, 0.3) is 0 Å². The normalized spacial score (nSPS) is 30.4. The zero-order valence-corrected chi connectivity index (χ0v) is 9.32. The molecule has 1 fully saturated rings. The van der Waals surface area contributed by atoms with Crippen LogP contribution >= 0.6 is 11.3 Å². The van der Waals surface area contributed by atoms with Crippen LogP contribution in [-0.4, -0.2) is 13.6 Å². The molecule has 0 aromatic carbocycles. The van der Waals surface area contributed by atoms with Gasteiger partial charge >= 0.3 is 0 Å². The Labute approximate surface area is 84.2 Å². The molecule has 2 unspecified atom stereocenters. The molecule has 2 atom stereocenters. The molecule has 1 N–H and O–H groups in total. The molecular weight excluding hydrogens is 178 g/mol. The summed E-state index contributed by atoms with van der Waals surface area (Å²) in [5, 5.41) is 5.46. The maximum Gasteiger partial charge on any atom is 0.00850 e. The van der Waals surface area contributed by atoms with Crippen molar-refractivity contribution in [2.45, 2.75) is 19.8 Å². The van der Waals surface area contributed by atoms with Gasteiger partial charge < -0.3 is 5.32 Å². The van der Waals surface area contributed by atoms with Gasteiger partial charge in [0.2, 0.25) is 0 Å². The van der Waals surface area contributed by atoms with Crippen LogP contribution in [0.5, 0.6) is 0 Å². The minimum absolute atomic E-state index is 0.508. The quantitative estimate of drug-likeness (QED) is 0.782. The summed E-state index contributed by atoms with van der Waals surface area (Å²) in [5.74, 6) is 1.62. The Hall–Kier alpha value is -0.340. The lowest BCUT2D eigenvalue weighted by Gasteiger charge is -1.99. The molecule has 0 aliphatic heterocycles. The van der Waals surface area contributed by atoms with Crippen LogP contribution in [0.2, 0.25) is 0 Å². The Bertz CT molecular complexity index is 276. The third-order valence-electron chi connectivity index (χ3n) is 3.32. The largest absolute Gasteiger partial charge is 0.319 e. The first-order valence-electron chi connectivity index (χ1n) is 4.86. The molecule has 0 saturated heterocycles. The molecule has 2 rings (SSSR count). The molecule has 0 radical (unpaired) electrons. The number of thiophene rings is 1. The van der Waals surface area contributed by atoms with E-state index in [-0.39, 0.29) is 0 Å². The maximum atomic E-state index is 3.28. The summed E-state index contributed by atoms with van der Waals surface area (Å²) in [6.07, 6.45) is 0. The SMILES string of the molecule is CNCC1C(c2cccs2)C1(C)C. The molecule has 1 saturated carbocycles. The van der Waals surface area contributed by atoms with E-state index in [9.17, 15) is 0 Å². The van der Waals surface area contributed by atoms with Crippen LogP contribution in [-0.2, 0) is 0 Å². The van der Waals surface area contributed by atoms with Crippen molar-refractivity contribution in [1.82, 2.24) is 5.32 Å². The second-order valence-corrected chi connectivity index (χ2v) is 5.46. The second-order valence-electron chi connectivity index (χ2n) is 4.48. The fourth-order valence-electron chi connectivity index (χ4n) is 2.38. The zero-order valence-electron chi connectivity index (χ0n) is 8.50. The van der Waals surface area contributed by atoms with Gasteiger partial charge in [-0.05, 0) is 36.4 Å². The van der Waals surface area contributed by atoms with Crippen molar-refractivity contribution in [1.29, 1.82) is 0 Å². The third-order valence-corrected chi connectivity index (χ3v) is 4.28. The van der Waals surface area contributed by atoms with E-state index in [1.54, 1.807) is 4.88 Å². The van der Waals surface area contributed by atoms with Crippen LogP contribution in [0.15, 0.2) is 17.5 Å². The van der Waals surface area contributed by atoms with Crippen molar-refractivity contribution >= 4 is 11.3 Å². The Kier molecular flexibility index (Phi) is 2.20. The van der Waals surface area contributed by atoms with E-state index >= 15 is 0 Å². The van der Waals surface area contributed by atoms with Gasteiger partial charge in [-0.1, -0.05) is 19.9 Å².